The van der Waals surface area contributed by atoms with E-state index in [9.17, 15) is 19.8 Å². The number of aromatic nitrogens is 1. The van der Waals surface area contributed by atoms with Crippen LogP contribution >= 0.6 is 0 Å². The molecule has 1 fully saturated rings. The van der Waals surface area contributed by atoms with Gasteiger partial charge in [0.05, 0.1) is 37.2 Å². The van der Waals surface area contributed by atoms with E-state index in [4.69, 9.17) is 9.57 Å². The number of cyclic esters (lactones) is 1. The van der Waals surface area contributed by atoms with Gasteiger partial charge < -0.3 is 25.1 Å². The van der Waals surface area contributed by atoms with Crippen LogP contribution in [0.15, 0.2) is 41.7 Å². The van der Waals surface area contributed by atoms with Crippen LogP contribution in [0, 0.1) is 0 Å². The topological polar surface area (TPSA) is 134 Å². The number of hydrogen-bond acceptors (Lipinski definition) is 8. The minimum atomic E-state index is -1.10. The summed E-state index contributed by atoms with van der Waals surface area (Å²) < 4.78 is 5.45. The fourth-order valence-electron chi connectivity index (χ4n) is 4.49. The van der Waals surface area contributed by atoms with E-state index >= 15 is 0 Å². The molecule has 4 heterocycles. The van der Waals surface area contributed by atoms with Gasteiger partial charge in [-0.2, -0.15) is 0 Å². The maximum Gasteiger partial charge on any atom is 0.415 e. The summed E-state index contributed by atoms with van der Waals surface area (Å²) in [5, 5.41) is 25.6. The molecule has 0 aliphatic carbocycles. The molecule has 1 aromatic carbocycles. The molecule has 0 unspecified atom stereocenters. The lowest BCUT2D eigenvalue weighted by atomic mass is 9.97. The van der Waals surface area contributed by atoms with E-state index in [2.05, 4.69) is 15.5 Å². The molecule has 3 aliphatic rings. The number of nitrogens with zero attached hydrogens (tertiary/aromatic N) is 3. The van der Waals surface area contributed by atoms with Crippen molar-refractivity contribution in [2.75, 3.05) is 24.7 Å². The summed E-state index contributed by atoms with van der Waals surface area (Å²) in [6.45, 7) is 1.06. The van der Waals surface area contributed by atoms with Gasteiger partial charge in [0.1, 0.15) is 11.8 Å². The first-order chi connectivity index (χ1) is 15.9. The molecule has 3 aliphatic heterocycles. The number of fused-ring (bicyclic) bond motifs is 3. The molecular weight excluding hydrogens is 428 g/mol. The molecule has 3 N–H and O–H groups in total. The molecule has 0 saturated carbocycles. The Hall–Kier alpha value is -3.50. The highest BCUT2D eigenvalue weighted by molar-refractivity contribution is 6.00. The first-order valence-electron chi connectivity index (χ1n) is 10.7. The zero-order valence-corrected chi connectivity index (χ0v) is 18.0. The van der Waals surface area contributed by atoms with E-state index in [0.717, 1.165) is 22.4 Å². The van der Waals surface area contributed by atoms with Crippen LogP contribution < -0.4 is 10.2 Å². The quantitative estimate of drug-likeness (QED) is 0.595. The lowest BCUT2D eigenvalue weighted by molar-refractivity contribution is -0.119. The summed E-state index contributed by atoms with van der Waals surface area (Å²) >= 11 is 0. The molecule has 2 amide bonds. The molecule has 10 nitrogen and oxygen atoms in total. The number of aliphatic hydroxyl groups is 2. The van der Waals surface area contributed by atoms with E-state index < -0.39 is 17.8 Å². The van der Waals surface area contributed by atoms with Crippen molar-refractivity contribution in [2.24, 2.45) is 5.16 Å². The smallest absolute Gasteiger partial charge is 0.415 e. The van der Waals surface area contributed by atoms with E-state index in [1.165, 1.54) is 6.92 Å². The number of aliphatic hydroxyl groups excluding tert-OH is 2. The van der Waals surface area contributed by atoms with Crippen LogP contribution in [0.4, 0.5) is 10.5 Å². The number of ether oxygens (including phenoxy) is 1. The van der Waals surface area contributed by atoms with Gasteiger partial charge in [0, 0.05) is 25.1 Å². The van der Waals surface area contributed by atoms with Crippen LogP contribution in [0.1, 0.15) is 24.6 Å². The Labute approximate surface area is 189 Å². The second kappa shape index (κ2) is 8.13. The van der Waals surface area contributed by atoms with Crippen molar-refractivity contribution in [1.29, 1.82) is 0 Å². The highest BCUT2D eigenvalue weighted by Gasteiger charge is 2.47. The normalized spacial score (nSPS) is 22.3. The number of benzene rings is 1. The number of carbonyl (C=O) groups is 2. The van der Waals surface area contributed by atoms with Crippen LogP contribution in [-0.4, -0.2) is 70.4 Å². The summed E-state index contributed by atoms with van der Waals surface area (Å²) in [7, 11) is 0. The number of nitrogens with one attached hydrogen (secondary N) is 1. The third kappa shape index (κ3) is 3.70. The number of pyridine rings is 1. The Bertz CT molecular complexity index is 1130. The van der Waals surface area contributed by atoms with E-state index in [1.54, 1.807) is 11.1 Å². The summed E-state index contributed by atoms with van der Waals surface area (Å²) in [5.74, 6) is -0.160. The van der Waals surface area contributed by atoms with Crippen molar-refractivity contribution in [2.45, 2.75) is 37.5 Å². The third-order valence-corrected chi connectivity index (χ3v) is 6.34. The van der Waals surface area contributed by atoms with E-state index in [-0.39, 0.29) is 38.1 Å². The first kappa shape index (κ1) is 21.4. The number of amides is 2. The zero-order valence-electron chi connectivity index (χ0n) is 18.0. The van der Waals surface area contributed by atoms with Crippen molar-refractivity contribution < 1.29 is 29.4 Å². The van der Waals surface area contributed by atoms with Crippen LogP contribution in [0.5, 0.6) is 0 Å². The lowest BCUT2D eigenvalue weighted by Crippen LogP contribution is -2.40. The second-order valence-electron chi connectivity index (χ2n) is 8.58. The van der Waals surface area contributed by atoms with Gasteiger partial charge in [0.15, 0.2) is 5.60 Å². The largest absolute Gasteiger partial charge is 0.442 e. The number of hydrogen-bond donors (Lipinski definition) is 3. The number of oxime groups is 1. The van der Waals surface area contributed by atoms with Gasteiger partial charge in [-0.1, -0.05) is 17.3 Å². The summed E-state index contributed by atoms with van der Waals surface area (Å²) in [6, 6.07) is 9.50. The first-order valence-corrected chi connectivity index (χ1v) is 10.7. The number of carbonyl (C=O) groups excluding carboxylic acids is 2. The van der Waals surface area contributed by atoms with Crippen molar-refractivity contribution in [3.8, 4) is 11.1 Å². The molecule has 0 bridgehead atoms. The maximum atomic E-state index is 12.4. The average molecular weight is 452 g/mol. The monoisotopic (exact) mass is 452 g/mol. The molecule has 1 aromatic heterocycles. The van der Waals surface area contributed by atoms with E-state index in [1.807, 2.05) is 30.3 Å². The van der Waals surface area contributed by atoms with E-state index in [0.29, 0.717) is 17.8 Å². The average Bonchev–Trinajstić information content (AvgIpc) is 3.51. The summed E-state index contributed by atoms with van der Waals surface area (Å²) in [4.78, 5) is 35.1. The Morgan fingerprint density at radius 1 is 1.24 bits per heavy atom. The molecule has 33 heavy (non-hydrogen) atoms. The third-order valence-electron chi connectivity index (χ3n) is 6.34. The molecule has 1 saturated heterocycles. The van der Waals surface area contributed by atoms with Gasteiger partial charge in [-0.15, -0.1) is 0 Å². The van der Waals surface area contributed by atoms with Crippen LogP contribution in [0.3, 0.4) is 0 Å². The molecule has 10 heteroatoms. The molecule has 2 atom stereocenters. The highest BCUT2D eigenvalue weighted by atomic mass is 16.7. The fourth-order valence-corrected chi connectivity index (χ4v) is 4.49. The highest BCUT2D eigenvalue weighted by Crippen LogP contribution is 2.40. The molecular formula is C23H24N4O6. The van der Waals surface area contributed by atoms with Gasteiger partial charge in [-0.05, 0) is 35.7 Å². The van der Waals surface area contributed by atoms with Crippen LogP contribution in [-0.2, 0) is 20.8 Å². The zero-order chi connectivity index (χ0) is 23.2. The second-order valence-corrected chi connectivity index (χ2v) is 8.58. The standard InChI is InChI=1S/C23H24N4O6/c1-13(30)24-10-21-20-7-16-6-14(3-5-19(16)27(20)22(31)32-21)15-2-4-17(25-9-15)18-8-23(11-28,12-29)33-26-18/h2-6,9,20-21,28-29H,7-8,10-12H2,1H3,(H,24,30)/t20-,21-/m0/s1. The number of rotatable bonds is 6. The number of anilines is 1. The van der Waals surface area contributed by atoms with Gasteiger partial charge in [0.2, 0.25) is 5.91 Å². The minimum absolute atomic E-state index is 0.145. The van der Waals surface area contributed by atoms with Crippen molar-refractivity contribution in [1.82, 2.24) is 10.3 Å². The molecule has 172 valence electrons. The van der Waals surface area contributed by atoms with Crippen molar-refractivity contribution >= 4 is 23.4 Å². The summed E-state index contributed by atoms with van der Waals surface area (Å²) in [6.07, 6.45) is 1.87. The molecule has 5 rings (SSSR count). The Balaban J connectivity index is 1.33. The van der Waals surface area contributed by atoms with Crippen molar-refractivity contribution in [3.63, 3.8) is 0 Å². The lowest BCUT2D eigenvalue weighted by Gasteiger charge is -2.20. The Morgan fingerprint density at radius 3 is 2.70 bits per heavy atom. The van der Waals surface area contributed by atoms with Crippen LogP contribution in [0.2, 0.25) is 0 Å². The van der Waals surface area contributed by atoms with Gasteiger partial charge in [0.25, 0.3) is 0 Å². The van der Waals surface area contributed by atoms with Gasteiger partial charge >= 0.3 is 6.09 Å². The maximum absolute atomic E-state index is 12.4. The molecule has 0 radical (unpaired) electrons. The predicted octanol–water partition coefficient (Wildman–Crippen LogP) is 0.982. The Kier molecular flexibility index (Phi) is 5.26. The minimum Gasteiger partial charge on any atom is -0.442 e. The van der Waals surface area contributed by atoms with Crippen LogP contribution in [0.25, 0.3) is 11.1 Å². The predicted molar refractivity (Wildman–Crippen MR) is 118 cm³/mol. The van der Waals surface area contributed by atoms with Gasteiger partial charge in [-0.25, -0.2) is 4.79 Å². The van der Waals surface area contributed by atoms with Crippen molar-refractivity contribution in [3.05, 3.63) is 47.8 Å². The summed E-state index contributed by atoms with van der Waals surface area (Å²) in [5.41, 5.74) is 3.82. The molecule has 0 spiro atoms. The Morgan fingerprint density at radius 2 is 2.03 bits per heavy atom. The molecule has 2 aromatic rings. The fraction of sp³-hybridized carbons (Fsp3) is 0.391. The SMILES string of the molecule is CC(=O)NC[C@@H]1OC(=O)N2c3ccc(-c4ccc(C5=NOC(CO)(CO)C5)nc4)cc3C[C@@H]12. The van der Waals surface area contributed by atoms with Gasteiger partial charge in [-0.3, -0.25) is 14.7 Å².